The first-order valence-corrected chi connectivity index (χ1v) is 10.7. The number of methoxy groups -OCH3 is 3. The van der Waals surface area contributed by atoms with Gasteiger partial charge in [0.2, 0.25) is 0 Å². The summed E-state index contributed by atoms with van der Waals surface area (Å²) in [5.74, 6) is -0.351. The lowest BCUT2D eigenvalue weighted by Gasteiger charge is -2.26. The predicted octanol–water partition coefficient (Wildman–Crippen LogP) is 4.99. The molecular formula is C26H22ClNO6. The third-order valence-electron chi connectivity index (χ3n) is 5.64. The largest absolute Gasteiger partial charge is 0.507 e. The summed E-state index contributed by atoms with van der Waals surface area (Å²) in [6.45, 7) is 0. The third kappa shape index (κ3) is 4.06. The average Bonchev–Trinajstić information content (AvgIpc) is 3.13. The van der Waals surface area contributed by atoms with Crippen LogP contribution < -0.4 is 19.1 Å². The maximum Gasteiger partial charge on any atom is 0.300 e. The van der Waals surface area contributed by atoms with Gasteiger partial charge in [-0.1, -0.05) is 17.7 Å². The van der Waals surface area contributed by atoms with E-state index in [0.29, 0.717) is 39.1 Å². The summed E-state index contributed by atoms with van der Waals surface area (Å²) >= 11 is 5.98. The minimum absolute atomic E-state index is 0.0460. The third-order valence-corrected chi connectivity index (χ3v) is 5.89. The Morgan fingerprint density at radius 2 is 1.50 bits per heavy atom. The molecule has 0 bridgehead atoms. The Morgan fingerprint density at radius 1 is 0.853 bits per heavy atom. The molecule has 4 rings (SSSR count). The Bertz CT molecular complexity index is 1270. The highest BCUT2D eigenvalue weighted by Gasteiger charge is 2.47. The number of ketones is 1. The highest BCUT2D eigenvalue weighted by molar-refractivity contribution is 6.51. The van der Waals surface area contributed by atoms with Crippen molar-refractivity contribution in [1.82, 2.24) is 0 Å². The highest BCUT2D eigenvalue weighted by atomic mass is 35.5. The number of benzene rings is 3. The molecule has 3 aromatic carbocycles. The number of halogens is 1. The van der Waals surface area contributed by atoms with Crippen LogP contribution in [-0.4, -0.2) is 38.1 Å². The Hall–Kier alpha value is -3.97. The Balaban J connectivity index is 1.94. The van der Waals surface area contributed by atoms with Crippen molar-refractivity contribution in [1.29, 1.82) is 0 Å². The molecule has 34 heavy (non-hydrogen) atoms. The van der Waals surface area contributed by atoms with Gasteiger partial charge in [0.25, 0.3) is 11.7 Å². The van der Waals surface area contributed by atoms with E-state index in [1.54, 1.807) is 66.7 Å². The van der Waals surface area contributed by atoms with Crippen LogP contribution in [0.2, 0.25) is 5.02 Å². The first-order chi connectivity index (χ1) is 16.4. The molecule has 0 aromatic heterocycles. The molecular weight excluding hydrogens is 458 g/mol. The number of Topliss-reactive ketones (excluding diaryl/α,β-unsaturated/α-hetero) is 1. The Morgan fingerprint density at radius 3 is 2.09 bits per heavy atom. The summed E-state index contributed by atoms with van der Waals surface area (Å²) in [4.78, 5) is 27.8. The molecule has 1 heterocycles. The van der Waals surface area contributed by atoms with Crippen LogP contribution in [0, 0.1) is 0 Å². The first kappa shape index (κ1) is 23.2. The molecule has 0 aliphatic carbocycles. The minimum Gasteiger partial charge on any atom is -0.507 e. The fraction of sp³-hybridized carbons (Fsp3) is 0.154. The summed E-state index contributed by atoms with van der Waals surface area (Å²) < 4.78 is 16.0. The topological polar surface area (TPSA) is 85.3 Å². The van der Waals surface area contributed by atoms with Crippen LogP contribution in [0.3, 0.4) is 0 Å². The number of aliphatic hydroxyl groups excluding tert-OH is 1. The molecule has 1 amide bonds. The van der Waals surface area contributed by atoms with Crippen molar-refractivity contribution < 1.29 is 28.9 Å². The molecule has 0 unspecified atom stereocenters. The van der Waals surface area contributed by atoms with E-state index in [1.807, 2.05) is 0 Å². The van der Waals surface area contributed by atoms with E-state index >= 15 is 0 Å². The van der Waals surface area contributed by atoms with Crippen LogP contribution in [0.5, 0.6) is 17.2 Å². The molecule has 1 N–H and O–H groups in total. The van der Waals surface area contributed by atoms with E-state index in [1.165, 1.54) is 26.2 Å². The van der Waals surface area contributed by atoms with Crippen LogP contribution in [0.15, 0.2) is 72.3 Å². The van der Waals surface area contributed by atoms with E-state index in [4.69, 9.17) is 25.8 Å². The van der Waals surface area contributed by atoms with Gasteiger partial charge in [0.1, 0.15) is 11.5 Å². The summed E-state index contributed by atoms with van der Waals surface area (Å²) in [6.07, 6.45) is 0. The summed E-state index contributed by atoms with van der Waals surface area (Å²) in [7, 11) is 4.55. The first-order valence-electron chi connectivity index (χ1n) is 10.3. The van der Waals surface area contributed by atoms with Gasteiger partial charge in [0, 0.05) is 16.3 Å². The predicted molar refractivity (Wildman–Crippen MR) is 129 cm³/mol. The average molecular weight is 480 g/mol. The molecule has 3 aromatic rings. The van der Waals surface area contributed by atoms with E-state index in [0.717, 1.165) is 0 Å². The van der Waals surface area contributed by atoms with Gasteiger partial charge >= 0.3 is 0 Å². The zero-order valence-corrected chi connectivity index (χ0v) is 19.5. The van der Waals surface area contributed by atoms with Crippen molar-refractivity contribution in [2.24, 2.45) is 0 Å². The number of hydrogen-bond acceptors (Lipinski definition) is 6. The number of nitrogens with zero attached hydrogens (tertiary/aromatic N) is 1. The number of hydrogen-bond donors (Lipinski definition) is 1. The van der Waals surface area contributed by atoms with Crippen molar-refractivity contribution in [2.75, 3.05) is 26.2 Å². The van der Waals surface area contributed by atoms with Gasteiger partial charge in [0.15, 0.2) is 11.5 Å². The van der Waals surface area contributed by atoms with Crippen LogP contribution >= 0.6 is 11.6 Å². The lowest BCUT2D eigenvalue weighted by Crippen LogP contribution is -2.29. The Labute approximate surface area is 201 Å². The van der Waals surface area contributed by atoms with Crippen LogP contribution in [0.4, 0.5) is 5.69 Å². The number of rotatable bonds is 6. The SMILES string of the molecule is COc1ccc(N2C(=O)C(=O)C(=C(O)c3ccc(Cl)cc3)[C@H]2c2ccc(OC)c(OC)c2)cc1. The molecule has 1 fully saturated rings. The van der Waals surface area contributed by atoms with Crippen molar-refractivity contribution in [2.45, 2.75) is 6.04 Å². The lowest BCUT2D eigenvalue weighted by atomic mass is 9.94. The Kier molecular flexibility index (Phi) is 6.47. The van der Waals surface area contributed by atoms with Crippen molar-refractivity contribution in [3.63, 3.8) is 0 Å². The molecule has 0 radical (unpaired) electrons. The maximum absolute atomic E-state index is 13.2. The van der Waals surface area contributed by atoms with Crippen molar-refractivity contribution in [3.05, 3.63) is 88.5 Å². The summed E-state index contributed by atoms with van der Waals surface area (Å²) in [6, 6.07) is 17.3. The fourth-order valence-electron chi connectivity index (χ4n) is 3.94. The fourth-order valence-corrected chi connectivity index (χ4v) is 4.07. The number of carbonyl (C=O) groups is 2. The quantitative estimate of drug-likeness (QED) is 0.304. The maximum atomic E-state index is 13.2. The van der Waals surface area contributed by atoms with Crippen LogP contribution in [-0.2, 0) is 9.59 Å². The second-order valence-corrected chi connectivity index (χ2v) is 7.92. The normalized spacial score (nSPS) is 17.1. The molecule has 1 saturated heterocycles. The van der Waals surface area contributed by atoms with Gasteiger partial charge in [-0.05, 0) is 66.2 Å². The smallest absolute Gasteiger partial charge is 0.300 e. The van der Waals surface area contributed by atoms with Crippen molar-refractivity contribution in [3.8, 4) is 17.2 Å². The molecule has 1 aliphatic heterocycles. The molecule has 7 nitrogen and oxygen atoms in total. The zero-order valence-electron chi connectivity index (χ0n) is 18.7. The van der Waals surface area contributed by atoms with E-state index in [9.17, 15) is 14.7 Å². The highest BCUT2D eigenvalue weighted by Crippen LogP contribution is 2.44. The molecule has 1 aliphatic rings. The van der Waals surface area contributed by atoms with Crippen molar-refractivity contribution >= 4 is 34.7 Å². The number of ether oxygens (including phenoxy) is 3. The molecule has 174 valence electrons. The number of anilines is 1. The van der Waals surface area contributed by atoms with E-state index in [-0.39, 0.29) is 11.3 Å². The number of carbonyl (C=O) groups excluding carboxylic acids is 2. The van der Waals surface area contributed by atoms with E-state index < -0.39 is 17.7 Å². The standard InChI is InChI=1S/C26H22ClNO6/c1-32-19-11-9-18(10-12-19)28-23(16-6-13-20(33-2)21(14-16)34-3)22(25(30)26(28)31)24(29)15-4-7-17(27)8-5-15/h4-14,23,29H,1-3H3/t23-/m1/s1. The van der Waals surface area contributed by atoms with Gasteiger partial charge in [-0.15, -0.1) is 0 Å². The minimum atomic E-state index is -0.913. The second kappa shape index (κ2) is 9.49. The monoisotopic (exact) mass is 479 g/mol. The second-order valence-electron chi connectivity index (χ2n) is 7.49. The molecule has 0 spiro atoms. The van der Waals surface area contributed by atoms with Gasteiger partial charge < -0.3 is 19.3 Å². The van der Waals surface area contributed by atoms with Gasteiger partial charge in [0.05, 0.1) is 32.9 Å². The van der Waals surface area contributed by atoms with Gasteiger partial charge in [-0.25, -0.2) is 0 Å². The molecule has 8 heteroatoms. The van der Waals surface area contributed by atoms with E-state index in [2.05, 4.69) is 0 Å². The number of aliphatic hydroxyl groups is 1. The van der Waals surface area contributed by atoms with Crippen LogP contribution in [0.25, 0.3) is 5.76 Å². The van der Waals surface area contributed by atoms with Gasteiger partial charge in [-0.2, -0.15) is 0 Å². The van der Waals surface area contributed by atoms with Gasteiger partial charge in [-0.3, -0.25) is 14.5 Å². The zero-order chi connectivity index (χ0) is 24.4. The van der Waals surface area contributed by atoms with Crippen LogP contribution in [0.1, 0.15) is 17.2 Å². The summed E-state index contributed by atoms with van der Waals surface area (Å²) in [5, 5.41) is 11.6. The number of amides is 1. The molecule has 1 atom stereocenters. The summed E-state index contributed by atoms with van der Waals surface area (Å²) in [5.41, 5.74) is 1.35. The lowest BCUT2D eigenvalue weighted by molar-refractivity contribution is -0.132. The molecule has 0 saturated carbocycles.